The molecule has 0 unspecified atom stereocenters. The Balaban J connectivity index is 2.15. The van der Waals surface area contributed by atoms with Crippen molar-refractivity contribution in [2.45, 2.75) is 0 Å². The smallest absolute Gasteiger partial charge is 0.109 e. The predicted molar refractivity (Wildman–Crippen MR) is 72.6 cm³/mol. The van der Waals surface area contributed by atoms with Crippen molar-refractivity contribution in [3.8, 4) is 0 Å². The van der Waals surface area contributed by atoms with Gasteiger partial charge in [0.05, 0.1) is 18.0 Å². The van der Waals surface area contributed by atoms with Crippen molar-refractivity contribution in [2.75, 3.05) is 18.5 Å². The molecule has 0 aromatic heterocycles. The molecule has 0 aliphatic heterocycles. The van der Waals surface area contributed by atoms with Gasteiger partial charge in [0.2, 0.25) is 0 Å². The summed E-state index contributed by atoms with van der Waals surface area (Å²) in [7, 11) is 0. The van der Waals surface area contributed by atoms with E-state index in [1.165, 1.54) is 0 Å². The van der Waals surface area contributed by atoms with Gasteiger partial charge in [-0.15, -0.1) is 5.11 Å². The quantitative estimate of drug-likeness (QED) is 0.787. The second-order valence-electron chi connectivity index (χ2n) is 3.70. The average molecular weight is 241 g/mol. The van der Waals surface area contributed by atoms with Gasteiger partial charge in [-0.05, 0) is 24.3 Å². The van der Waals surface area contributed by atoms with Gasteiger partial charge in [-0.3, -0.25) is 0 Å². The van der Waals surface area contributed by atoms with Crippen molar-refractivity contribution in [3.63, 3.8) is 0 Å². The fourth-order valence-electron chi connectivity index (χ4n) is 1.51. The molecule has 18 heavy (non-hydrogen) atoms. The second kappa shape index (κ2) is 6.51. The first kappa shape index (κ1) is 12.3. The zero-order valence-corrected chi connectivity index (χ0v) is 9.95. The van der Waals surface area contributed by atoms with E-state index in [0.717, 1.165) is 17.1 Å². The number of anilines is 1. The Labute approximate surface area is 106 Å². The minimum absolute atomic E-state index is 0.0875. The monoisotopic (exact) mass is 241 g/mol. The maximum absolute atomic E-state index is 8.81. The van der Waals surface area contributed by atoms with Gasteiger partial charge in [0.1, 0.15) is 5.69 Å². The minimum atomic E-state index is 0.0875. The molecule has 0 aliphatic rings. The van der Waals surface area contributed by atoms with Crippen molar-refractivity contribution in [2.24, 2.45) is 10.2 Å². The number of rotatable bonds is 5. The summed E-state index contributed by atoms with van der Waals surface area (Å²) in [6, 6.07) is 17.2. The Kier molecular flexibility index (Phi) is 4.44. The minimum Gasteiger partial charge on any atom is -0.395 e. The van der Waals surface area contributed by atoms with Crippen LogP contribution in [0.1, 0.15) is 0 Å². The van der Waals surface area contributed by atoms with Crippen molar-refractivity contribution in [1.29, 1.82) is 0 Å². The van der Waals surface area contributed by atoms with E-state index in [0.29, 0.717) is 6.54 Å². The standard InChI is InChI=1S/C14H15N3O/c18-11-10-15-13-8-4-5-9-14(13)17-16-12-6-2-1-3-7-12/h1-9,15,18H,10-11H2. The summed E-state index contributed by atoms with van der Waals surface area (Å²) < 4.78 is 0. The molecule has 0 saturated carbocycles. The highest BCUT2D eigenvalue weighted by molar-refractivity contribution is 5.64. The van der Waals surface area contributed by atoms with Crippen LogP contribution in [0.4, 0.5) is 17.1 Å². The van der Waals surface area contributed by atoms with E-state index >= 15 is 0 Å². The molecule has 0 bridgehead atoms. The Hall–Kier alpha value is -2.20. The molecule has 0 heterocycles. The van der Waals surface area contributed by atoms with Crippen LogP contribution in [0.15, 0.2) is 64.8 Å². The van der Waals surface area contributed by atoms with E-state index in [9.17, 15) is 0 Å². The molecule has 0 atom stereocenters. The number of hydrogen-bond acceptors (Lipinski definition) is 4. The first-order chi connectivity index (χ1) is 8.90. The summed E-state index contributed by atoms with van der Waals surface area (Å²) in [5.41, 5.74) is 2.44. The van der Waals surface area contributed by atoms with Gasteiger partial charge in [0, 0.05) is 6.54 Å². The van der Waals surface area contributed by atoms with E-state index in [-0.39, 0.29) is 6.61 Å². The molecule has 2 N–H and O–H groups in total. The van der Waals surface area contributed by atoms with Crippen molar-refractivity contribution < 1.29 is 5.11 Å². The third kappa shape index (κ3) is 3.40. The molecule has 92 valence electrons. The molecule has 0 saturated heterocycles. The number of azo groups is 1. The summed E-state index contributed by atoms with van der Waals surface area (Å²) >= 11 is 0. The van der Waals surface area contributed by atoms with Crippen molar-refractivity contribution >= 4 is 17.1 Å². The first-order valence-corrected chi connectivity index (χ1v) is 5.81. The van der Waals surface area contributed by atoms with Gasteiger partial charge in [-0.2, -0.15) is 5.11 Å². The molecule has 4 nitrogen and oxygen atoms in total. The molecule has 2 aromatic carbocycles. The third-order valence-corrected chi connectivity index (χ3v) is 2.36. The molecule has 0 amide bonds. The van der Waals surface area contributed by atoms with Crippen LogP contribution in [0.5, 0.6) is 0 Å². The topological polar surface area (TPSA) is 57.0 Å². The molecule has 2 aromatic rings. The highest BCUT2D eigenvalue weighted by Crippen LogP contribution is 2.26. The molecule has 0 aliphatic carbocycles. The SMILES string of the molecule is OCCNc1ccccc1N=Nc1ccccc1. The van der Waals surface area contributed by atoms with E-state index in [4.69, 9.17) is 5.11 Å². The van der Waals surface area contributed by atoms with Crippen LogP contribution in [0.25, 0.3) is 0 Å². The molecule has 0 radical (unpaired) electrons. The summed E-state index contributed by atoms with van der Waals surface area (Å²) in [5.74, 6) is 0. The predicted octanol–water partition coefficient (Wildman–Crippen LogP) is 3.51. The molecular formula is C14H15N3O. The average Bonchev–Trinajstić information content (AvgIpc) is 2.45. The molecule has 0 fully saturated rings. The van der Waals surface area contributed by atoms with Crippen LogP contribution in [0.2, 0.25) is 0 Å². The van der Waals surface area contributed by atoms with Gasteiger partial charge in [-0.1, -0.05) is 30.3 Å². The van der Waals surface area contributed by atoms with Gasteiger partial charge < -0.3 is 10.4 Å². The molecule has 2 rings (SSSR count). The normalized spacial score (nSPS) is 10.7. The summed E-state index contributed by atoms with van der Waals surface area (Å²) in [6.07, 6.45) is 0. The lowest BCUT2D eigenvalue weighted by Gasteiger charge is -2.06. The van der Waals surface area contributed by atoms with Crippen LogP contribution in [0, 0.1) is 0 Å². The number of aliphatic hydroxyl groups is 1. The number of hydrogen-bond donors (Lipinski definition) is 2. The molecule has 0 spiro atoms. The fraction of sp³-hybridized carbons (Fsp3) is 0.143. The molecule has 4 heteroatoms. The van der Waals surface area contributed by atoms with Gasteiger partial charge in [0.25, 0.3) is 0 Å². The largest absolute Gasteiger partial charge is 0.395 e. The zero-order chi connectivity index (χ0) is 12.6. The number of aliphatic hydroxyl groups excluding tert-OH is 1. The van der Waals surface area contributed by atoms with Gasteiger partial charge >= 0.3 is 0 Å². The maximum atomic E-state index is 8.81. The van der Waals surface area contributed by atoms with E-state index in [2.05, 4.69) is 15.5 Å². The van der Waals surface area contributed by atoms with Crippen LogP contribution < -0.4 is 5.32 Å². The van der Waals surface area contributed by atoms with E-state index < -0.39 is 0 Å². The highest BCUT2D eigenvalue weighted by atomic mass is 16.3. The Morgan fingerprint density at radius 1 is 0.889 bits per heavy atom. The number of para-hydroxylation sites is 1. The maximum Gasteiger partial charge on any atom is 0.109 e. The number of nitrogens with one attached hydrogen (secondary N) is 1. The van der Waals surface area contributed by atoms with Crippen LogP contribution in [0.3, 0.4) is 0 Å². The van der Waals surface area contributed by atoms with Crippen molar-refractivity contribution in [3.05, 3.63) is 54.6 Å². The second-order valence-corrected chi connectivity index (χ2v) is 3.70. The summed E-state index contributed by atoms with van der Waals surface area (Å²) in [6.45, 7) is 0.585. The van der Waals surface area contributed by atoms with Gasteiger partial charge in [-0.25, -0.2) is 0 Å². The summed E-state index contributed by atoms with van der Waals surface area (Å²) in [4.78, 5) is 0. The fourth-order valence-corrected chi connectivity index (χ4v) is 1.51. The lowest BCUT2D eigenvalue weighted by molar-refractivity contribution is 0.311. The van der Waals surface area contributed by atoms with Crippen LogP contribution in [-0.4, -0.2) is 18.3 Å². The van der Waals surface area contributed by atoms with Gasteiger partial charge in [0.15, 0.2) is 0 Å². The summed E-state index contributed by atoms with van der Waals surface area (Å²) in [5, 5.41) is 20.3. The van der Waals surface area contributed by atoms with E-state index in [1.807, 2.05) is 54.6 Å². The first-order valence-electron chi connectivity index (χ1n) is 5.81. The van der Waals surface area contributed by atoms with Crippen molar-refractivity contribution in [1.82, 2.24) is 0 Å². The van der Waals surface area contributed by atoms with E-state index in [1.54, 1.807) is 0 Å². The highest BCUT2D eigenvalue weighted by Gasteiger charge is 1.98. The lowest BCUT2D eigenvalue weighted by atomic mass is 10.2. The Morgan fingerprint density at radius 3 is 2.39 bits per heavy atom. The Bertz CT molecular complexity index is 511. The molecular weight excluding hydrogens is 226 g/mol. The Morgan fingerprint density at radius 2 is 1.61 bits per heavy atom. The number of benzene rings is 2. The van der Waals surface area contributed by atoms with Crippen LogP contribution >= 0.6 is 0 Å². The van der Waals surface area contributed by atoms with Crippen LogP contribution in [-0.2, 0) is 0 Å². The lowest BCUT2D eigenvalue weighted by Crippen LogP contribution is -2.05. The number of nitrogens with zero attached hydrogens (tertiary/aromatic N) is 2. The third-order valence-electron chi connectivity index (χ3n) is 2.36. The zero-order valence-electron chi connectivity index (χ0n) is 9.95.